The summed E-state index contributed by atoms with van der Waals surface area (Å²) < 4.78 is 16.9. The molecule has 0 amide bonds. The first kappa shape index (κ1) is 25.3. The lowest BCUT2D eigenvalue weighted by molar-refractivity contribution is 0.0686. The number of aryl methyl sites for hydroxylation is 3. The minimum absolute atomic E-state index is 0.0374. The van der Waals surface area contributed by atoms with Crippen molar-refractivity contribution >= 4 is 40.7 Å². The van der Waals surface area contributed by atoms with Gasteiger partial charge < -0.3 is 5.11 Å². The van der Waals surface area contributed by atoms with Crippen molar-refractivity contribution in [1.82, 2.24) is 19.7 Å². The fraction of sp³-hybridized carbons (Fsp3) is 0.280. The highest BCUT2D eigenvalue weighted by atomic mass is 35.5. The third-order valence-corrected chi connectivity index (χ3v) is 7.86. The highest BCUT2D eigenvalue weighted by Gasteiger charge is 2.27. The first-order valence-electron chi connectivity index (χ1n) is 10.9. The molecule has 0 aliphatic carbocycles. The molecule has 0 aliphatic heterocycles. The Bertz CT molecular complexity index is 1430. The van der Waals surface area contributed by atoms with E-state index in [9.17, 15) is 14.3 Å². The second kappa shape index (κ2) is 10.1. The fourth-order valence-corrected chi connectivity index (χ4v) is 6.39. The van der Waals surface area contributed by atoms with Crippen LogP contribution in [0.5, 0.6) is 0 Å². The van der Waals surface area contributed by atoms with E-state index in [1.165, 1.54) is 46.0 Å². The second-order valence-corrected chi connectivity index (χ2v) is 11.7. The zero-order valence-electron chi connectivity index (χ0n) is 19.9. The van der Waals surface area contributed by atoms with Gasteiger partial charge in [0.05, 0.1) is 9.90 Å². The van der Waals surface area contributed by atoms with Gasteiger partial charge in [-0.3, -0.25) is 4.98 Å². The number of rotatable bonds is 7. The van der Waals surface area contributed by atoms with Gasteiger partial charge in [-0.15, -0.1) is 11.8 Å². The molecular weight excluding hydrogens is 507 g/mol. The third kappa shape index (κ3) is 5.27. The maximum atomic E-state index is 14.7. The summed E-state index contributed by atoms with van der Waals surface area (Å²) in [6.45, 7) is 9.66. The summed E-state index contributed by atoms with van der Waals surface area (Å²) in [7, 11) is 0. The average molecular weight is 531 g/mol. The van der Waals surface area contributed by atoms with Crippen molar-refractivity contribution in [3.8, 4) is 16.4 Å². The number of nitrogens with zero attached hydrogens (tertiary/aromatic N) is 4. The number of benzene rings is 1. The highest BCUT2D eigenvalue weighted by molar-refractivity contribution is 8.01. The summed E-state index contributed by atoms with van der Waals surface area (Å²) in [5.74, 6) is -1.56. The summed E-state index contributed by atoms with van der Waals surface area (Å²) in [5, 5.41) is 15.6. The van der Waals surface area contributed by atoms with Crippen LogP contribution in [0.1, 0.15) is 52.5 Å². The second-order valence-electron chi connectivity index (χ2n) is 8.43. The lowest BCUT2D eigenvalue weighted by Gasteiger charge is -2.07. The number of carboxylic acid groups (broad SMARTS) is 1. The van der Waals surface area contributed by atoms with Crippen LogP contribution in [-0.4, -0.2) is 36.1 Å². The molecule has 0 saturated carbocycles. The van der Waals surface area contributed by atoms with E-state index in [1.54, 1.807) is 6.92 Å². The van der Waals surface area contributed by atoms with Gasteiger partial charge in [0, 0.05) is 39.2 Å². The van der Waals surface area contributed by atoms with Gasteiger partial charge in [0.25, 0.3) is 0 Å². The smallest absolute Gasteiger partial charge is 0.355 e. The zero-order valence-corrected chi connectivity index (χ0v) is 22.3. The number of carbonyl (C=O) groups is 1. The number of aromatic carboxylic acids is 1. The Balaban J connectivity index is 1.87. The average Bonchev–Trinajstić information content (AvgIpc) is 3.32. The number of pyridine rings is 1. The standard InChI is InChI=1S/C25H24ClFN4O2S2/c1-12(2)34-24-21(19-11-17(26)8-9-20(19)27)29-25(35-24)31-22(23(32)33)18(15(5)30-31)10-16-7-6-13(3)28-14(16)4/h6-9,11-12H,10H2,1-5H3,(H,32,33). The summed E-state index contributed by atoms with van der Waals surface area (Å²) in [6, 6.07) is 8.18. The summed E-state index contributed by atoms with van der Waals surface area (Å²) in [6.07, 6.45) is 0.376. The highest BCUT2D eigenvalue weighted by Crippen LogP contribution is 2.41. The van der Waals surface area contributed by atoms with Crippen LogP contribution in [0.2, 0.25) is 5.02 Å². The van der Waals surface area contributed by atoms with E-state index in [0.29, 0.717) is 33.5 Å². The summed E-state index contributed by atoms with van der Waals surface area (Å²) in [5.41, 5.74) is 4.58. The Morgan fingerprint density at radius 3 is 2.57 bits per heavy atom. The molecule has 35 heavy (non-hydrogen) atoms. The molecule has 0 saturated heterocycles. The molecule has 1 N–H and O–H groups in total. The van der Waals surface area contributed by atoms with Crippen LogP contribution >= 0.6 is 34.7 Å². The Hall–Kier alpha value is -2.75. The van der Waals surface area contributed by atoms with Crippen LogP contribution in [0.15, 0.2) is 34.5 Å². The topological polar surface area (TPSA) is 80.9 Å². The van der Waals surface area contributed by atoms with Gasteiger partial charge in [0.15, 0.2) is 5.69 Å². The predicted octanol–water partition coefficient (Wildman–Crippen LogP) is 6.90. The zero-order chi connectivity index (χ0) is 25.4. The molecule has 4 rings (SSSR count). The maximum Gasteiger partial charge on any atom is 0.355 e. The predicted molar refractivity (Wildman–Crippen MR) is 139 cm³/mol. The largest absolute Gasteiger partial charge is 0.476 e. The van der Waals surface area contributed by atoms with Gasteiger partial charge in [0.1, 0.15) is 11.5 Å². The minimum Gasteiger partial charge on any atom is -0.476 e. The van der Waals surface area contributed by atoms with Gasteiger partial charge in [-0.05, 0) is 50.6 Å². The van der Waals surface area contributed by atoms with Gasteiger partial charge in [-0.25, -0.2) is 14.2 Å². The molecule has 0 aliphatic rings. The molecule has 4 aromatic rings. The third-order valence-electron chi connectivity index (χ3n) is 5.38. The maximum absolute atomic E-state index is 14.7. The normalized spacial score (nSPS) is 11.4. The van der Waals surface area contributed by atoms with Crippen LogP contribution in [-0.2, 0) is 6.42 Å². The van der Waals surface area contributed by atoms with Crippen molar-refractivity contribution in [1.29, 1.82) is 0 Å². The van der Waals surface area contributed by atoms with Gasteiger partial charge in [-0.1, -0.05) is 42.9 Å². The van der Waals surface area contributed by atoms with E-state index in [4.69, 9.17) is 11.6 Å². The molecule has 10 heteroatoms. The van der Waals surface area contributed by atoms with E-state index in [-0.39, 0.29) is 16.5 Å². The van der Waals surface area contributed by atoms with Gasteiger partial charge >= 0.3 is 5.97 Å². The Morgan fingerprint density at radius 1 is 1.17 bits per heavy atom. The van der Waals surface area contributed by atoms with Crippen LogP contribution in [0, 0.1) is 26.6 Å². The van der Waals surface area contributed by atoms with Crippen molar-refractivity contribution in [3.63, 3.8) is 0 Å². The Kier molecular flexibility index (Phi) is 7.30. The fourth-order valence-electron chi connectivity index (χ4n) is 3.75. The molecule has 0 spiro atoms. The van der Waals surface area contributed by atoms with E-state index < -0.39 is 11.8 Å². The van der Waals surface area contributed by atoms with Gasteiger partial charge in [0.2, 0.25) is 5.13 Å². The quantitative estimate of drug-likeness (QED) is 0.262. The molecule has 182 valence electrons. The number of aromatic nitrogens is 4. The van der Waals surface area contributed by atoms with Crippen LogP contribution < -0.4 is 0 Å². The lowest BCUT2D eigenvalue weighted by Crippen LogP contribution is -2.10. The summed E-state index contributed by atoms with van der Waals surface area (Å²) in [4.78, 5) is 21.6. The first-order valence-corrected chi connectivity index (χ1v) is 13.0. The number of thioether (sulfide) groups is 1. The van der Waals surface area contributed by atoms with E-state index in [1.807, 2.05) is 39.8 Å². The van der Waals surface area contributed by atoms with Crippen LogP contribution in [0.25, 0.3) is 16.4 Å². The van der Waals surface area contributed by atoms with Crippen molar-refractivity contribution in [2.24, 2.45) is 0 Å². The van der Waals surface area contributed by atoms with E-state index >= 15 is 0 Å². The number of hydrogen-bond donors (Lipinski definition) is 1. The molecule has 3 aromatic heterocycles. The SMILES string of the molecule is Cc1ccc(Cc2c(C)nn(-c3nc(-c4cc(Cl)ccc4F)c(SC(C)C)s3)c2C(=O)O)c(C)n1. The molecule has 0 radical (unpaired) electrons. The van der Waals surface area contributed by atoms with Crippen LogP contribution in [0.3, 0.4) is 0 Å². The Labute approximate surface area is 216 Å². The van der Waals surface area contributed by atoms with Crippen molar-refractivity contribution in [3.05, 3.63) is 75.1 Å². The van der Waals surface area contributed by atoms with E-state index in [0.717, 1.165) is 21.2 Å². The summed E-state index contributed by atoms with van der Waals surface area (Å²) >= 11 is 8.95. The molecule has 6 nitrogen and oxygen atoms in total. The number of carboxylic acids is 1. The molecule has 1 aromatic carbocycles. The van der Waals surface area contributed by atoms with Gasteiger partial charge in [-0.2, -0.15) is 9.78 Å². The first-order chi connectivity index (χ1) is 16.5. The lowest BCUT2D eigenvalue weighted by atomic mass is 10.0. The molecular formula is C25H24ClFN4O2S2. The molecule has 0 unspecified atom stereocenters. The molecule has 0 fully saturated rings. The monoisotopic (exact) mass is 530 g/mol. The van der Waals surface area contributed by atoms with Crippen molar-refractivity contribution in [2.75, 3.05) is 0 Å². The number of hydrogen-bond acceptors (Lipinski definition) is 6. The minimum atomic E-state index is -1.11. The van der Waals surface area contributed by atoms with Crippen molar-refractivity contribution in [2.45, 2.75) is 50.5 Å². The van der Waals surface area contributed by atoms with E-state index in [2.05, 4.69) is 15.1 Å². The molecule has 0 bridgehead atoms. The molecule has 0 atom stereocenters. The Morgan fingerprint density at radius 2 is 1.91 bits per heavy atom. The number of halogens is 2. The van der Waals surface area contributed by atoms with Crippen molar-refractivity contribution < 1.29 is 14.3 Å². The van der Waals surface area contributed by atoms with Crippen LogP contribution in [0.4, 0.5) is 4.39 Å². The molecule has 3 heterocycles. The number of thiazole rings is 1.